The molecule has 0 spiro atoms. The number of amides is 1. The molecule has 594 valence electrons. The number of hydrogen-bond acceptors (Lipinski definition) is 18. The molecule has 3 heterocycles. The average Bonchev–Trinajstić information content (AvgIpc) is 0.782. The SMILES string of the molecule is CCCCCCC/C=C\C/C=C\C/C=C\CCCCCCCCCCCCC(=O)NC(COC1OC(CO)C(OC2OC(CO)C(OC3OC(CO)C(O)C(O)C3O)C(O)C2O)C(O)C1O)C(O)CCCCCCCCCCCCCCCCCCCCCCCCCCCCCCCCC. The summed E-state index contributed by atoms with van der Waals surface area (Å²) in [5, 5.41) is 121. The normalized spacial score (nSPS) is 26.4. The van der Waals surface area contributed by atoms with Gasteiger partial charge in [-0.15, -0.1) is 0 Å². The quantitative estimate of drug-likeness (QED) is 0.0199. The van der Waals surface area contributed by atoms with Gasteiger partial charge in [0.25, 0.3) is 0 Å². The van der Waals surface area contributed by atoms with Crippen LogP contribution in [0.2, 0.25) is 0 Å². The highest BCUT2D eigenvalue weighted by Crippen LogP contribution is 2.33. The van der Waals surface area contributed by atoms with Crippen LogP contribution in [0.1, 0.15) is 348 Å². The van der Waals surface area contributed by atoms with Crippen molar-refractivity contribution < 1.29 is 89.4 Å². The van der Waals surface area contributed by atoms with Crippen LogP contribution in [0.4, 0.5) is 0 Å². The third-order valence-electron chi connectivity index (χ3n) is 21.0. The molecule has 3 aliphatic heterocycles. The van der Waals surface area contributed by atoms with E-state index >= 15 is 0 Å². The Hall–Kier alpha value is -1.99. The lowest BCUT2D eigenvalue weighted by molar-refractivity contribution is -0.379. The smallest absolute Gasteiger partial charge is 0.220 e. The fourth-order valence-electron chi connectivity index (χ4n) is 14.3. The van der Waals surface area contributed by atoms with Gasteiger partial charge >= 0.3 is 0 Å². The number of ether oxygens (including phenoxy) is 6. The molecule has 0 saturated carbocycles. The largest absolute Gasteiger partial charge is 0.394 e. The third-order valence-corrected chi connectivity index (χ3v) is 21.0. The van der Waals surface area contributed by atoms with Crippen molar-refractivity contribution in [3.8, 4) is 0 Å². The predicted molar refractivity (Wildman–Crippen MR) is 402 cm³/mol. The van der Waals surface area contributed by atoms with Crippen LogP contribution in [-0.4, -0.2) is 193 Å². The molecule has 17 unspecified atom stereocenters. The van der Waals surface area contributed by atoms with Gasteiger partial charge in [0.05, 0.1) is 38.6 Å². The van der Waals surface area contributed by atoms with Crippen LogP contribution in [0, 0.1) is 0 Å². The second-order valence-electron chi connectivity index (χ2n) is 29.9. The van der Waals surface area contributed by atoms with Gasteiger partial charge in [0, 0.05) is 6.42 Å². The van der Waals surface area contributed by atoms with Gasteiger partial charge in [-0.2, -0.15) is 0 Å². The van der Waals surface area contributed by atoms with Gasteiger partial charge in [-0.25, -0.2) is 0 Å². The van der Waals surface area contributed by atoms with Crippen LogP contribution in [-0.2, 0) is 33.2 Å². The second kappa shape index (κ2) is 63.0. The first-order valence-electron chi connectivity index (χ1n) is 41.7. The summed E-state index contributed by atoms with van der Waals surface area (Å²) in [4.78, 5) is 13.5. The number of aliphatic hydroxyl groups is 11. The van der Waals surface area contributed by atoms with Crippen molar-refractivity contribution in [3.63, 3.8) is 0 Å². The molecule has 3 aliphatic rings. The van der Waals surface area contributed by atoms with Crippen molar-refractivity contribution in [3.05, 3.63) is 36.5 Å². The van der Waals surface area contributed by atoms with Gasteiger partial charge < -0.3 is 89.9 Å². The van der Waals surface area contributed by atoms with Crippen molar-refractivity contribution in [2.75, 3.05) is 26.4 Å². The first kappa shape index (κ1) is 93.2. The Morgan fingerprint density at radius 1 is 0.356 bits per heavy atom. The van der Waals surface area contributed by atoms with Gasteiger partial charge in [-0.05, 0) is 51.4 Å². The molecule has 101 heavy (non-hydrogen) atoms. The van der Waals surface area contributed by atoms with E-state index in [1.165, 1.54) is 250 Å². The van der Waals surface area contributed by atoms with Crippen molar-refractivity contribution >= 4 is 5.91 Å². The van der Waals surface area contributed by atoms with Crippen LogP contribution in [0.3, 0.4) is 0 Å². The van der Waals surface area contributed by atoms with E-state index in [4.69, 9.17) is 28.4 Å². The lowest BCUT2D eigenvalue weighted by Crippen LogP contribution is -2.66. The summed E-state index contributed by atoms with van der Waals surface area (Å²) in [6.07, 6.45) is 50.9. The minimum Gasteiger partial charge on any atom is -0.394 e. The van der Waals surface area contributed by atoms with E-state index in [-0.39, 0.29) is 18.9 Å². The summed E-state index contributed by atoms with van der Waals surface area (Å²) in [7, 11) is 0. The first-order chi connectivity index (χ1) is 49.3. The number of carbonyl (C=O) groups is 1. The maximum absolute atomic E-state index is 13.5. The summed E-state index contributed by atoms with van der Waals surface area (Å²) in [6, 6.07) is -0.892. The number of aliphatic hydroxyl groups excluding tert-OH is 11. The monoisotopic (exact) mass is 1440 g/mol. The highest BCUT2D eigenvalue weighted by atomic mass is 16.8. The Balaban J connectivity index is 1.36. The standard InChI is InChI=1S/C82H153NO18/c1-3-5-7-9-11-13-15-17-19-21-23-25-27-29-30-31-32-33-34-36-37-39-41-43-45-47-49-51-53-55-57-59-66(87)65(83-70(88)60-58-56-54-52-50-48-46-44-42-40-38-35-28-26-24-22-20-18-16-14-12-10-8-6-4-2)64-96-80-76(94)73(91)78(68(62-85)98-80)101-82-77(95)74(92)79(69(63-86)99-82)100-81-75(93)72(90)71(89)67(61-84)97-81/h16,18,22,24,28,35,65-69,71-82,84-87,89-95H,3-15,17,19-21,23,25-27,29-34,36-64H2,1-2H3,(H,83,88)/b18-16-,24-22-,35-28-. The maximum Gasteiger partial charge on any atom is 0.220 e. The molecule has 3 fully saturated rings. The number of rotatable bonds is 67. The Morgan fingerprint density at radius 3 is 1.02 bits per heavy atom. The summed E-state index contributed by atoms with van der Waals surface area (Å²) in [6.45, 7) is 1.84. The van der Waals surface area contributed by atoms with Crippen LogP contribution in [0.15, 0.2) is 36.5 Å². The molecule has 17 atom stereocenters. The van der Waals surface area contributed by atoms with Gasteiger partial charge in [-0.3, -0.25) is 4.79 Å². The number of hydrogen-bond donors (Lipinski definition) is 12. The number of allylic oxidation sites excluding steroid dienone is 6. The number of unbranched alkanes of at least 4 members (excludes halogenated alkanes) is 45. The van der Waals surface area contributed by atoms with Crippen LogP contribution in [0.5, 0.6) is 0 Å². The van der Waals surface area contributed by atoms with Crippen molar-refractivity contribution in [1.82, 2.24) is 5.32 Å². The van der Waals surface area contributed by atoms with Crippen molar-refractivity contribution in [2.24, 2.45) is 0 Å². The van der Waals surface area contributed by atoms with Gasteiger partial charge in [-0.1, -0.05) is 326 Å². The van der Waals surface area contributed by atoms with E-state index in [9.17, 15) is 61.0 Å². The van der Waals surface area contributed by atoms with Crippen molar-refractivity contribution in [1.29, 1.82) is 0 Å². The van der Waals surface area contributed by atoms with Crippen LogP contribution >= 0.6 is 0 Å². The Morgan fingerprint density at radius 2 is 0.653 bits per heavy atom. The molecule has 12 N–H and O–H groups in total. The van der Waals surface area contributed by atoms with Crippen molar-refractivity contribution in [2.45, 2.75) is 452 Å². The maximum atomic E-state index is 13.5. The average molecular weight is 1440 g/mol. The van der Waals surface area contributed by atoms with E-state index < -0.39 is 124 Å². The van der Waals surface area contributed by atoms with Gasteiger partial charge in [0.15, 0.2) is 18.9 Å². The number of nitrogens with one attached hydrogen (secondary N) is 1. The molecule has 0 aromatic heterocycles. The Labute approximate surface area is 612 Å². The first-order valence-corrected chi connectivity index (χ1v) is 41.7. The van der Waals surface area contributed by atoms with E-state index in [2.05, 4.69) is 55.6 Å². The molecule has 3 rings (SSSR count). The summed E-state index contributed by atoms with van der Waals surface area (Å²) in [5.74, 6) is -0.242. The summed E-state index contributed by atoms with van der Waals surface area (Å²) >= 11 is 0. The topological polar surface area (TPSA) is 307 Å². The molecule has 0 bridgehead atoms. The zero-order chi connectivity index (χ0) is 73.2. The van der Waals surface area contributed by atoms with E-state index in [0.717, 1.165) is 64.2 Å². The second-order valence-corrected chi connectivity index (χ2v) is 29.9. The molecule has 3 saturated heterocycles. The molecule has 0 radical (unpaired) electrons. The van der Waals surface area contributed by atoms with E-state index in [1.807, 2.05) is 0 Å². The summed E-state index contributed by atoms with van der Waals surface area (Å²) < 4.78 is 34.5. The highest BCUT2D eigenvalue weighted by Gasteiger charge is 2.54. The lowest BCUT2D eigenvalue weighted by Gasteiger charge is -2.48. The molecule has 19 nitrogen and oxygen atoms in total. The van der Waals surface area contributed by atoms with E-state index in [0.29, 0.717) is 12.8 Å². The van der Waals surface area contributed by atoms with Crippen LogP contribution < -0.4 is 5.32 Å². The molecule has 0 aromatic carbocycles. The lowest BCUT2D eigenvalue weighted by atomic mass is 9.96. The zero-order valence-electron chi connectivity index (χ0n) is 63.7. The molecule has 0 aliphatic carbocycles. The Bertz CT molecular complexity index is 1960. The third kappa shape index (κ3) is 43.0. The molecular formula is C82H153NO18. The minimum absolute atomic E-state index is 0.242. The van der Waals surface area contributed by atoms with Crippen LogP contribution in [0.25, 0.3) is 0 Å². The van der Waals surface area contributed by atoms with Gasteiger partial charge in [0.1, 0.15) is 73.2 Å². The predicted octanol–water partition coefficient (Wildman–Crippen LogP) is 14.3. The summed E-state index contributed by atoms with van der Waals surface area (Å²) in [5.41, 5.74) is 0. The zero-order valence-corrected chi connectivity index (χ0v) is 63.7. The molecular weight excluding hydrogens is 1290 g/mol. The molecule has 1 amide bonds. The fourth-order valence-corrected chi connectivity index (χ4v) is 14.3. The van der Waals surface area contributed by atoms with Gasteiger partial charge in [0.2, 0.25) is 5.91 Å². The fraction of sp³-hybridized carbons (Fsp3) is 0.915. The molecule has 0 aromatic rings. The minimum atomic E-state index is -1.97. The van der Waals surface area contributed by atoms with E-state index in [1.54, 1.807) is 0 Å². The highest BCUT2D eigenvalue weighted by molar-refractivity contribution is 5.76. The number of carbonyl (C=O) groups excluding carboxylic acids is 1. The molecule has 19 heteroatoms. The Kier molecular flexibility index (Phi) is 58.1.